The van der Waals surface area contributed by atoms with Gasteiger partial charge in [0.15, 0.2) is 11.9 Å². The topological polar surface area (TPSA) is 97.1 Å². The van der Waals surface area contributed by atoms with Gasteiger partial charge < -0.3 is 9.64 Å². The molecule has 0 bridgehead atoms. The molecule has 4 rings (SSSR count). The Morgan fingerprint density at radius 2 is 1.84 bits per heavy atom. The molecule has 1 saturated heterocycles. The SMILES string of the molecule is CC(C)(C)c1cc(-c2ccc(F)cc2)nn2cc(C=O)nc12.COC(=O)CN1CCN(C)C(C)(C)C1=O. The Morgan fingerprint density at radius 3 is 2.41 bits per heavy atom. The number of carbonyl (C=O) groups is 3. The first-order valence-electron chi connectivity index (χ1n) is 12.0. The predicted molar refractivity (Wildman–Crippen MR) is 138 cm³/mol. The molecule has 1 amide bonds. The molecule has 10 heteroatoms. The molecule has 198 valence electrons. The van der Waals surface area contributed by atoms with E-state index in [1.54, 1.807) is 27.7 Å². The molecule has 2 aromatic heterocycles. The van der Waals surface area contributed by atoms with Crippen LogP contribution in [0.15, 0.2) is 36.5 Å². The van der Waals surface area contributed by atoms with Gasteiger partial charge in [-0.2, -0.15) is 5.10 Å². The molecule has 1 aliphatic rings. The second-order valence-corrected chi connectivity index (χ2v) is 10.5. The Bertz CT molecular complexity index is 1290. The van der Waals surface area contributed by atoms with Gasteiger partial charge in [-0.1, -0.05) is 20.8 Å². The molecule has 1 aliphatic heterocycles. The van der Waals surface area contributed by atoms with Crippen LogP contribution in [0, 0.1) is 5.82 Å². The average Bonchev–Trinajstić information content (AvgIpc) is 3.27. The smallest absolute Gasteiger partial charge is 0.325 e. The van der Waals surface area contributed by atoms with Crippen molar-refractivity contribution in [1.82, 2.24) is 24.4 Å². The third-order valence-corrected chi connectivity index (χ3v) is 6.53. The standard InChI is InChI=1S/C17H16FN3O.C10H18N2O3/c1-17(2,3)14-8-15(11-4-6-12(18)7-5-11)20-21-9-13(10-22)19-16(14)21;1-10(2)9(14)12(6-5-11(10)3)7-8(13)15-4/h4-10H,1-3H3;5-7H2,1-4H3. The molecule has 3 aromatic rings. The van der Waals surface area contributed by atoms with Crippen molar-refractivity contribution < 1.29 is 23.5 Å². The molecule has 0 aliphatic carbocycles. The Balaban J connectivity index is 0.000000222. The van der Waals surface area contributed by atoms with Crippen LogP contribution in [-0.2, 0) is 19.7 Å². The number of hydrogen-bond acceptors (Lipinski definition) is 7. The van der Waals surface area contributed by atoms with Gasteiger partial charge in [0.25, 0.3) is 0 Å². The molecule has 37 heavy (non-hydrogen) atoms. The number of hydrogen-bond donors (Lipinski definition) is 0. The Kier molecular flexibility index (Phi) is 8.12. The van der Waals surface area contributed by atoms with Gasteiger partial charge in [0, 0.05) is 24.2 Å². The summed E-state index contributed by atoms with van der Waals surface area (Å²) in [6.45, 7) is 11.3. The van der Waals surface area contributed by atoms with Crippen molar-refractivity contribution in [3.63, 3.8) is 0 Å². The van der Waals surface area contributed by atoms with E-state index in [0.29, 0.717) is 29.9 Å². The molecule has 1 fully saturated rings. The van der Waals surface area contributed by atoms with Gasteiger partial charge >= 0.3 is 5.97 Å². The molecular weight excluding hydrogens is 477 g/mol. The number of likely N-dealkylation sites (N-methyl/N-ethyl adjacent to an activating group) is 1. The lowest BCUT2D eigenvalue weighted by molar-refractivity contribution is -0.155. The number of esters is 1. The molecule has 0 atom stereocenters. The van der Waals surface area contributed by atoms with Gasteiger partial charge in [-0.3, -0.25) is 19.3 Å². The first-order valence-corrected chi connectivity index (χ1v) is 12.0. The lowest BCUT2D eigenvalue weighted by Crippen LogP contribution is -2.62. The minimum absolute atomic E-state index is 0.0262. The lowest BCUT2D eigenvalue weighted by atomic mass is 9.87. The summed E-state index contributed by atoms with van der Waals surface area (Å²) in [4.78, 5) is 41.9. The number of halogens is 1. The highest BCUT2D eigenvalue weighted by Crippen LogP contribution is 2.29. The summed E-state index contributed by atoms with van der Waals surface area (Å²) in [7, 11) is 3.24. The molecule has 0 N–H and O–H groups in total. The molecule has 0 saturated carbocycles. The van der Waals surface area contributed by atoms with Gasteiger partial charge in [0.1, 0.15) is 18.1 Å². The molecule has 0 spiro atoms. The van der Waals surface area contributed by atoms with Crippen LogP contribution >= 0.6 is 0 Å². The highest BCUT2D eigenvalue weighted by Gasteiger charge is 2.40. The lowest BCUT2D eigenvalue weighted by Gasteiger charge is -2.43. The van der Waals surface area contributed by atoms with Crippen molar-refractivity contribution >= 4 is 23.8 Å². The van der Waals surface area contributed by atoms with Crippen molar-refractivity contribution in [3.05, 3.63) is 53.6 Å². The number of rotatable bonds is 4. The van der Waals surface area contributed by atoms with Crippen molar-refractivity contribution in [2.24, 2.45) is 0 Å². The average molecular weight is 512 g/mol. The van der Waals surface area contributed by atoms with Crippen molar-refractivity contribution in [3.8, 4) is 11.3 Å². The van der Waals surface area contributed by atoms with Gasteiger partial charge in [0.2, 0.25) is 5.91 Å². The minimum atomic E-state index is -0.535. The second kappa shape index (κ2) is 10.8. The van der Waals surface area contributed by atoms with Gasteiger partial charge in [-0.15, -0.1) is 0 Å². The largest absolute Gasteiger partial charge is 0.468 e. The number of piperazine rings is 1. The minimum Gasteiger partial charge on any atom is -0.468 e. The third-order valence-electron chi connectivity index (χ3n) is 6.53. The van der Waals surface area contributed by atoms with E-state index in [1.165, 1.54) is 19.2 Å². The van der Waals surface area contributed by atoms with Crippen LogP contribution < -0.4 is 0 Å². The number of carbonyl (C=O) groups excluding carboxylic acids is 3. The fourth-order valence-corrected chi connectivity index (χ4v) is 3.94. The van der Waals surface area contributed by atoms with Crippen molar-refractivity contribution in [2.45, 2.75) is 45.6 Å². The maximum absolute atomic E-state index is 13.1. The zero-order valence-corrected chi connectivity index (χ0v) is 22.4. The first kappa shape index (κ1) is 27.9. The predicted octanol–water partition coefficient (Wildman–Crippen LogP) is 3.36. The molecule has 3 heterocycles. The zero-order chi connectivity index (χ0) is 27.5. The number of imidazole rings is 1. The first-order chi connectivity index (χ1) is 17.3. The summed E-state index contributed by atoms with van der Waals surface area (Å²) in [5, 5.41) is 4.49. The summed E-state index contributed by atoms with van der Waals surface area (Å²) < 4.78 is 19.3. The van der Waals surface area contributed by atoms with Crippen LogP contribution in [0.5, 0.6) is 0 Å². The van der Waals surface area contributed by atoms with Crippen LogP contribution in [0.1, 0.15) is 50.7 Å². The Morgan fingerprint density at radius 1 is 1.19 bits per heavy atom. The van der Waals surface area contributed by atoms with Crippen LogP contribution in [0.2, 0.25) is 0 Å². The van der Waals surface area contributed by atoms with E-state index < -0.39 is 5.54 Å². The van der Waals surface area contributed by atoms with E-state index in [4.69, 9.17) is 0 Å². The monoisotopic (exact) mass is 511 g/mol. The maximum atomic E-state index is 13.1. The van der Waals surface area contributed by atoms with E-state index in [1.807, 2.05) is 31.9 Å². The highest BCUT2D eigenvalue weighted by atomic mass is 19.1. The molecule has 1 aromatic carbocycles. The van der Waals surface area contributed by atoms with Crippen LogP contribution in [0.3, 0.4) is 0 Å². The van der Waals surface area contributed by atoms with Crippen LogP contribution in [0.4, 0.5) is 4.39 Å². The van der Waals surface area contributed by atoms with E-state index in [-0.39, 0.29) is 29.7 Å². The summed E-state index contributed by atoms with van der Waals surface area (Å²) in [5.74, 6) is -0.683. The van der Waals surface area contributed by atoms with Crippen LogP contribution in [-0.4, -0.2) is 81.9 Å². The second-order valence-electron chi connectivity index (χ2n) is 10.5. The maximum Gasteiger partial charge on any atom is 0.325 e. The fourth-order valence-electron chi connectivity index (χ4n) is 3.94. The van der Waals surface area contributed by atoms with Crippen molar-refractivity contribution in [1.29, 1.82) is 0 Å². The molecule has 9 nitrogen and oxygen atoms in total. The highest BCUT2D eigenvalue weighted by molar-refractivity contribution is 5.89. The Labute approximate surface area is 216 Å². The number of aldehydes is 1. The number of benzene rings is 1. The van der Waals surface area contributed by atoms with Gasteiger partial charge in [0.05, 0.1) is 24.5 Å². The van der Waals surface area contributed by atoms with Crippen LogP contribution in [0.25, 0.3) is 16.9 Å². The van der Waals surface area contributed by atoms with E-state index in [9.17, 15) is 18.8 Å². The van der Waals surface area contributed by atoms with E-state index >= 15 is 0 Å². The summed E-state index contributed by atoms with van der Waals surface area (Å²) in [5.41, 5.74) is 2.82. The van der Waals surface area contributed by atoms with Gasteiger partial charge in [-0.05, 0) is 56.6 Å². The normalized spacial score (nSPS) is 15.8. The summed E-state index contributed by atoms with van der Waals surface area (Å²) in [6.07, 6.45) is 2.31. The van der Waals surface area contributed by atoms with Gasteiger partial charge in [-0.25, -0.2) is 13.9 Å². The number of aromatic nitrogens is 3. The molecule has 0 radical (unpaired) electrons. The molecule has 0 unspecified atom stereocenters. The van der Waals surface area contributed by atoms with E-state index in [0.717, 1.165) is 17.7 Å². The zero-order valence-electron chi connectivity index (χ0n) is 22.4. The van der Waals surface area contributed by atoms with E-state index in [2.05, 4.69) is 35.6 Å². The quantitative estimate of drug-likeness (QED) is 0.391. The number of methoxy groups -OCH3 is 1. The number of ether oxygens (including phenoxy) is 1. The number of nitrogens with zero attached hydrogens (tertiary/aromatic N) is 5. The number of fused-ring (bicyclic) bond motifs is 1. The summed E-state index contributed by atoms with van der Waals surface area (Å²) in [6, 6.07) is 8.14. The molecular formula is C27H34FN5O4. The fraction of sp³-hybridized carbons (Fsp3) is 0.444. The summed E-state index contributed by atoms with van der Waals surface area (Å²) >= 11 is 0. The Hall–Kier alpha value is -3.66. The third kappa shape index (κ3) is 6.19. The number of amides is 1. The van der Waals surface area contributed by atoms with Crippen molar-refractivity contribution in [2.75, 3.05) is 33.8 Å².